The fourth-order valence-electron chi connectivity index (χ4n) is 2.74. The van der Waals surface area contributed by atoms with Crippen molar-refractivity contribution >= 4 is 17.9 Å². The second-order valence-corrected chi connectivity index (χ2v) is 6.59. The van der Waals surface area contributed by atoms with Gasteiger partial charge in [-0.2, -0.15) is 13.2 Å². The fraction of sp³-hybridized carbons (Fsp3) is 0.350. The minimum Gasteiger partial charge on any atom is -0.475 e. The zero-order valence-electron chi connectivity index (χ0n) is 16.3. The molecule has 8 nitrogen and oxygen atoms in total. The van der Waals surface area contributed by atoms with E-state index in [0.29, 0.717) is 18.5 Å². The molecule has 0 bridgehead atoms. The summed E-state index contributed by atoms with van der Waals surface area (Å²) in [6, 6.07) is 5.38. The van der Waals surface area contributed by atoms with E-state index in [0.717, 1.165) is 12.1 Å². The highest BCUT2D eigenvalue weighted by Crippen LogP contribution is 2.29. The molecule has 3 heterocycles. The minimum absolute atomic E-state index is 0.0143. The summed E-state index contributed by atoms with van der Waals surface area (Å²) in [5.74, 6) is -0.192. The zero-order valence-corrected chi connectivity index (χ0v) is 16.3. The number of nitrogens with one attached hydrogen (secondary N) is 1. The van der Waals surface area contributed by atoms with E-state index in [1.807, 2.05) is 0 Å². The average molecular weight is 439 g/mol. The lowest BCUT2D eigenvalue weighted by atomic mass is 10.2. The first-order valence-corrected chi connectivity index (χ1v) is 9.36. The molecule has 0 saturated carbocycles. The lowest BCUT2D eigenvalue weighted by Gasteiger charge is -2.32. The summed E-state index contributed by atoms with van der Waals surface area (Å²) >= 11 is 0. The van der Waals surface area contributed by atoms with Crippen LogP contribution in [0.4, 0.5) is 13.2 Å². The lowest BCUT2D eigenvalue weighted by Crippen LogP contribution is -2.50. The number of furan rings is 1. The molecule has 1 saturated heterocycles. The van der Waals surface area contributed by atoms with E-state index in [1.54, 1.807) is 12.1 Å². The molecule has 1 unspecified atom stereocenters. The van der Waals surface area contributed by atoms with E-state index in [-0.39, 0.29) is 38.1 Å². The number of alkyl halides is 3. The number of carbonyl (C=O) groups excluding carboxylic acids is 2. The van der Waals surface area contributed by atoms with Crippen LogP contribution in [0.5, 0.6) is 5.88 Å². The van der Waals surface area contributed by atoms with Crippen LogP contribution in [0, 0.1) is 0 Å². The van der Waals surface area contributed by atoms with Crippen molar-refractivity contribution in [3.63, 3.8) is 0 Å². The molecular formula is C20H20F3N3O5. The third-order valence-corrected chi connectivity index (χ3v) is 4.33. The van der Waals surface area contributed by atoms with Gasteiger partial charge >= 0.3 is 6.18 Å². The van der Waals surface area contributed by atoms with Gasteiger partial charge in [0.15, 0.2) is 0 Å². The van der Waals surface area contributed by atoms with Gasteiger partial charge in [-0.25, -0.2) is 4.98 Å². The molecule has 166 valence electrons. The Morgan fingerprint density at radius 1 is 1.32 bits per heavy atom. The molecule has 2 aromatic rings. The molecule has 11 heteroatoms. The third kappa shape index (κ3) is 6.85. The molecule has 2 aromatic heterocycles. The van der Waals surface area contributed by atoms with Crippen molar-refractivity contribution in [3.05, 3.63) is 54.1 Å². The smallest absolute Gasteiger partial charge is 0.417 e. The van der Waals surface area contributed by atoms with Gasteiger partial charge in [0.1, 0.15) is 18.5 Å². The van der Waals surface area contributed by atoms with Crippen molar-refractivity contribution in [1.29, 1.82) is 0 Å². The maximum absolute atomic E-state index is 12.6. The maximum Gasteiger partial charge on any atom is 0.417 e. The maximum atomic E-state index is 12.6. The Kier molecular flexibility index (Phi) is 7.29. The molecule has 1 atom stereocenters. The number of morpholine rings is 1. The molecule has 1 fully saturated rings. The number of ether oxygens (including phenoxy) is 2. The number of rotatable bonds is 7. The highest BCUT2D eigenvalue weighted by molar-refractivity contribution is 5.94. The van der Waals surface area contributed by atoms with E-state index in [4.69, 9.17) is 13.9 Å². The number of nitrogens with zero attached hydrogens (tertiary/aromatic N) is 2. The Balaban J connectivity index is 1.42. The number of carbonyl (C=O) groups is 2. The van der Waals surface area contributed by atoms with Crippen molar-refractivity contribution < 1.29 is 36.7 Å². The summed E-state index contributed by atoms with van der Waals surface area (Å²) in [5.41, 5.74) is -0.869. The lowest BCUT2D eigenvalue weighted by molar-refractivity contribution is -0.140. The van der Waals surface area contributed by atoms with E-state index in [9.17, 15) is 22.8 Å². The van der Waals surface area contributed by atoms with Gasteiger partial charge in [-0.05, 0) is 24.3 Å². The van der Waals surface area contributed by atoms with Crippen molar-refractivity contribution in [2.24, 2.45) is 0 Å². The SMILES string of the molecule is O=C(C=Cc1ccco1)NCC(=O)N1CCOC(COc2ccc(C(F)(F)F)cn2)C1. The molecule has 0 aromatic carbocycles. The number of aromatic nitrogens is 1. The predicted octanol–water partition coefficient (Wildman–Crippen LogP) is 2.13. The highest BCUT2D eigenvalue weighted by atomic mass is 19.4. The molecule has 1 N–H and O–H groups in total. The van der Waals surface area contributed by atoms with Crippen LogP contribution in [-0.4, -0.2) is 60.7 Å². The van der Waals surface area contributed by atoms with Crippen LogP contribution >= 0.6 is 0 Å². The van der Waals surface area contributed by atoms with Gasteiger partial charge in [-0.1, -0.05) is 0 Å². The highest BCUT2D eigenvalue weighted by Gasteiger charge is 2.31. The van der Waals surface area contributed by atoms with Crippen molar-refractivity contribution in [2.75, 3.05) is 32.8 Å². The predicted molar refractivity (Wildman–Crippen MR) is 102 cm³/mol. The Hall–Kier alpha value is -3.34. The number of hydrogen-bond acceptors (Lipinski definition) is 6. The molecule has 1 aliphatic heterocycles. The molecule has 1 aliphatic rings. The summed E-state index contributed by atoms with van der Waals surface area (Å²) in [7, 11) is 0. The minimum atomic E-state index is -4.47. The molecule has 0 radical (unpaired) electrons. The Morgan fingerprint density at radius 3 is 2.84 bits per heavy atom. The molecule has 3 rings (SSSR count). The van der Waals surface area contributed by atoms with Crippen LogP contribution in [0.15, 0.2) is 47.2 Å². The van der Waals surface area contributed by atoms with Gasteiger partial charge in [0.05, 0.1) is 31.5 Å². The normalized spacial score (nSPS) is 17.0. The topological polar surface area (TPSA) is 93.9 Å². The van der Waals surface area contributed by atoms with E-state index >= 15 is 0 Å². The summed E-state index contributed by atoms with van der Waals surface area (Å²) in [6.07, 6.45) is -0.0288. The number of amides is 2. The molecule has 0 spiro atoms. The molecule has 0 aliphatic carbocycles. The van der Waals surface area contributed by atoms with E-state index in [2.05, 4.69) is 10.3 Å². The summed E-state index contributed by atoms with van der Waals surface area (Å²) in [5, 5.41) is 2.50. The number of pyridine rings is 1. The fourth-order valence-corrected chi connectivity index (χ4v) is 2.74. The second kappa shape index (κ2) is 10.1. The van der Waals surface area contributed by atoms with Crippen molar-refractivity contribution in [3.8, 4) is 5.88 Å². The van der Waals surface area contributed by atoms with Crippen LogP contribution in [0.2, 0.25) is 0 Å². The first kappa shape index (κ1) is 22.3. The third-order valence-electron chi connectivity index (χ3n) is 4.33. The summed E-state index contributed by atoms with van der Waals surface area (Å²) in [6.45, 7) is 0.672. The molecule has 2 amide bonds. The number of halogens is 3. The van der Waals surface area contributed by atoms with Crippen LogP contribution in [0.3, 0.4) is 0 Å². The largest absolute Gasteiger partial charge is 0.475 e. The zero-order chi connectivity index (χ0) is 22.3. The monoisotopic (exact) mass is 439 g/mol. The first-order chi connectivity index (χ1) is 14.8. The standard InChI is InChI=1S/C20H20F3N3O5/c21-20(22,23)14-3-6-18(25-10-14)31-13-16-12-26(7-9-30-16)19(28)11-24-17(27)5-4-15-2-1-8-29-15/h1-6,8,10,16H,7,9,11-13H2,(H,24,27). The Bertz CT molecular complexity index is 898. The molecule has 31 heavy (non-hydrogen) atoms. The summed E-state index contributed by atoms with van der Waals surface area (Å²) < 4.78 is 53.7. The van der Waals surface area contributed by atoms with Gasteiger partial charge in [-0.15, -0.1) is 0 Å². The summed E-state index contributed by atoms with van der Waals surface area (Å²) in [4.78, 5) is 29.3. The van der Waals surface area contributed by atoms with Crippen LogP contribution in [0.1, 0.15) is 11.3 Å². The van der Waals surface area contributed by atoms with Gasteiger partial charge in [0.2, 0.25) is 17.7 Å². The Labute approximate surface area is 175 Å². The van der Waals surface area contributed by atoms with Crippen molar-refractivity contribution in [1.82, 2.24) is 15.2 Å². The first-order valence-electron chi connectivity index (χ1n) is 9.36. The number of hydrogen-bond donors (Lipinski definition) is 1. The van der Waals surface area contributed by atoms with Gasteiger partial charge in [0.25, 0.3) is 0 Å². The second-order valence-electron chi connectivity index (χ2n) is 6.59. The van der Waals surface area contributed by atoms with Gasteiger partial charge in [-0.3, -0.25) is 9.59 Å². The van der Waals surface area contributed by atoms with Crippen molar-refractivity contribution in [2.45, 2.75) is 12.3 Å². The van der Waals surface area contributed by atoms with E-state index in [1.165, 1.54) is 23.3 Å². The quantitative estimate of drug-likeness (QED) is 0.665. The van der Waals surface area contributed by atoms with Crippen LogP contribution < -0.4 is 10.1 Å². The van der Waals surface area contributed by atoms with Gasteiger partial charge < -0.3 is 24.1 Å². The van der Waals surface area contributed by atoms with Gasteiger partial charge in [0, 0.05) is 24.9 Å². The Morgan fingerprint density at radius 2 is 2.16 bits per heavy atom. The van der Waals surface area contributed by atoms with Crippen LogP contribution in [-0.2, 0) is 20.5 Å². The molecular weight excluding hydrogens is 419 g/mol. The average Bonchev–Trinajstić information content (AvgIpc) is 3.28. The van der Waals surface area contributed by atoms with E-state index < -0.39 is 23.8 Å². The van der Waals surface area contributed by atoms with Crippen LogP contribution in [0.25, 0.3) is 6.08 Å².